The quantitative estimate of drug-likeness (QED) is 0.729. The first kappa shape index (κ1) is 9.66. The van der Waals surface area contributed by atoms with Gasteiger partial charge in [-0.2, -0.15) is 0 Å². The van der Waals surface area contributed by atoms with Crippen molar-refractivity contribution < 1.29 is 4.21 Å². The monoisotopic (exact) mass is 201 g/mol. The standard InChI is InChI=1S/C10H19NOS/c1-10(2)7-9(10)11-8-3-5-13(12)6-4-8/h8-9,11H,3-7H2,1-2H3. The predicted octanol–water partition coefficient (Wildman–Crippen LogP) is 1.29. The molecule has 1 saturated heterocycles. The van der Waals surface area contributed by atoms with Crippen LogP contribution in [0, 0.1) is 5.41 Å². The molecule has 0 radical (unpaired) electrons. The van der Waals surface area contributed by atoms with Gasteiger partial charge in [-0.25, -0.2) is 0 Å². The van der Waals surface area contributed by atoms with Crippen molar-refractivity contribution in [1.82, 2.24) is 5.32 Å². The molecule has 13 heavy (non-hydrogen) atoms. The number of rotatable bonds is 2. The summed E-state index contributed by atoms with van der Waals surface area (Å²) in [6.45, 7) is 4.62. The number of hydrogen-bond acceptors (Lipinski definition) is 2. The Bertz CT molecular complexity index is 217. The Balaban J connectivity index is 1.75. The van der Waals surface area contributed by atoms with E-state index in [1.54, 1.807) is 0 Å². The lowest BCUT2D eigenvalue weighted by atomic mass is 10.1. The largest absolute Gasteiger partial charge is 0.311 e. The molecule has 1 N–H and O–H groups in total. The van der Waals surface area contributed by atoms with Crippen molar-refractivity contribution in [3.63, 3.8) is 0 Å². The highest BCUT2D eigenvalue weighted by Crippen LogP contribution is 2.45. The van der Waals surface area contributed by atoms with E-state index in [0.717, 1.165) is 30.4 Å². The van der Waals surface area contributed by atoms with Crippen LogP contribution in [-0.4, -0.2) is 27.8 Å². The first-order chi connectivity index (χ1) is 6.08. The summed E-state index contributed by atoms with van der Waals surface area (Å²) >= 11 is 0. The van der Waals surface area contributed by atoms with E-state index in [2.05, 4.69) is 19.2 Å². The lowest BCUT2D eigenvalue weighted by Gasteiger charge is -2.23. The van der Waals surface area contributed by atoms with Gasteiger partial charge in [0.1, 0.15) is 0 Å². The van der Waals surface area contributed by atoms with Gasteiger partial charge in [-0.1, -0.05) is 13.8 Å². The van der Waals surface area contributed by atoms with Crippen molar-refractivity contribution in [2.45, 2.75) is 45.2 Å². The molecule has 1 atom stereocenters. The van der Waals surface area contributed by atoms with E-state index in [1.807, 2.05) is 0 Å². The van der Waals surface area contributed by atoms with E-state index in [-0.39, 0.29) is 0 Å². The molecule has 0 aromatic carbocycles. The lowest BCUT2D eigenvalue weighted by molar-refractivity contribution is 0.435. The lowest BCUT2D eigenvalue weighted by Crippen LogP contribution is -2.38. The zero-order chi connectivity index (χ0) is 9.47. The maximum absolute atomic E-state index is 11.1. The van der Waals surface area contributed by atoms with Gasteiger partial charge in [-0.3, -0.25) is 4.21 Å². The highest BCUT2D eigenvalue weighted by Gasteiger charge is 2.46. The third-order valence-electron chi connectivity index (χ3n) is 3.34. The van der Waals surface area contributed by atoms with Crippen LogP contribution in [0.1, 0.15) is 33.1 Å². The van der Waals surface area contributed by atoms with Gasteiger partial charge in [0.25, 0.3) is 0 Å². The summed E-state index contributed by atoms with van der Waals surface area (Å²) in [5.74, 6) is 1.82. The molecule has 0 amide bonds. The topological polar surface area (TPSA) is 29.1 Å². The van der Waals surface area contributed by atoms with Crippen LogP contribution in [0.3, 0.4) is 0 Å². The second kappa shape index (κ2) is 3.35. The first-order valence-electron chi connectivity index (χ1n) is 5.19. The van der Waals surface area contributed by atoms with Gasteiger partial charge in [0.15, 0.2) is 0 Å². The van der Waals surface area contributed by atoms with Gasteiger partial charge in [0, 0.05) is 34.4 Å². The highest BCUT2D eigenvalue weighted by molar-refractivity contribution is 7.85. The van der Waals surface area contributed by atoms with Gasteiger partial charge in [-0.15, -0.1) is 0 Å². The summed E-state index contributed by atoms with van der Waals surface area (Å²) in [5.41, 5.74) is 0.524. The molecule has 1 heterocycles. The summed E-state index contributed by atoms with van der Waals surface area (Å²) in [6.07, 6.45) is 3.53. The highest BCUT2D eigenvalue weighted by atomic mass is 32.2. The Morgan fingerprint density at radius 3 is 2.31 bits per heavy atom. The van der Waals surface area contributed by atoms with Gasteiger partial charge < -0.3 is 5.32 Å². The summed E-state index contributed by atoms with van der Waals surface area (Å²) in [7, 11) is -0.515. The number of hydrogen-bond donors (Lipinski definition) is 1. The molecule has 1 unspecified atom stereocenters. The van der Waals surface area contributed by atoms with E-state index >= 15 is 0 Å². The van der Waals surface area contributed by atoms with Gasteiger partial charge in [-0.05, 0) is 24.7 Å². The van der Waals surface area contributed by atoms with Gasteiger partial charge >= 0.3 is 0 Å². The molecule has 76 valence electrons. The fourth-order valence-corrected chi connectivity index (χ4v) is 3.30. The van der Waals surface area contributed by atoms with Crippen molar-refractivity contribution in [1.29, 1.82) is 0 Å². The molecule has 2 fully saturated rings. The molecule has 3 heteroatoms. The van der Waals surface area contributed by atoms with E-state index in [1.165, 1.54) is 6.42 Å². The molecule has 1 saturated carbocycles. The molecular formula is C10H19NOS. The minimum absolute atomic E-state index is 0.515. The molecule has 1 aliphatic carbocycles. The number of nitrogens with one attached hydrogen (secondary N) is 1. The molecular weight excluding hydrogens is 182 g/mol. The van der Waals surface area contributed by atoms with Crippen LogP contribution in [0.25, 0.3) is 0 Å². The van der Waals surface area contributed by atoms with Gasteiger partial charge in [0.2, 0.25) is 0 Å². The van der Waals surface area contributed by atoms with E-state index < -0.39 is 10.8 Å². The smallest absolute Gasteiger partial charge is 0.0249 e. The molecule has 1 aliphatic heterocycles. The zero-order valence-electron chi connectivity index (χ0n) is 8.51. The Morgan fingerprint density at radius 1 is 1.31 bits per heavy atom. The van der Waals surface area contributed by atoms with Crippen LogP contribution in [0.15, 0.2) is 0 Å². The molecule has 2 aliphatic rings. The maximum atomic E-state index is 11.1. The normalized spacial score (nSPS) is 43.1. The van der Waals surface area contributed by atoms with Crippen LogP contribution in [-0.2, 0) is 10.8 Å². The van der Waals surface area contributed by atoms with Crippen LogP contribution >= 0.6 is 0 Å². The fourth-order valence-electron chi connectivity index (χ4n) is 2.00. The zero-order valence-corrected chi connectivity index (χ0v) is 9.32. The maximum Gasteiger partial charge on any atom is 0.0249 e. The van der Waals surface area contributed by atoms with E-state index in [0.29, 0.717) is 11.5 Å². The van der Waals surface area contributed by atoms with E-state index in [4.69, 9.17) is 0 Å². The molecule has 0 aromatic rings. The Morgan fingerprint density at radius 2 is 1.85 bits per heavy atom. The summed E-state index contributed by atoms with van der Waals surface area (Å²) in [5, 5.41) is 3.67. The second-order valence-electron chi connectivity index (χ2n) is 5.03. The fraction of sp³-hybridized carbons (Fsp3) is 1.00. The van der Waals surface area contributed by atoms with Crippen LogP contribution in [0.4, 0.5) is 0 Å². The summed E-state index contributed by atoms with van der Waals surface area (Å²) < 4.78 is 11.1. The van der Waals surface area contributed by atoms with Crippen molar-refractivity contribution >= 4 is 10.8 Å². The molecule has 0 bridgehead atoms. The first-order valence-corrected chi connectivity index (χ1v) is 6.68. The average molecular weight is 201 g/mol. The van der Waals surface area contributed by atoms with Crippen molar-refractivity contribution in [3.05, 3.63) is 0 Å². The van der Waals surface area contributed by atoms with Crippen LogP contribution < -0.4 is 5.32 Å². The Hall–Kier alpha value is 0.110. The SMILES string of the molecule is CC1(C)CC1NC1CCS(=O)CC1. The molecule has 2 rings (SSSR count). The second-order valence-corrected chi connectivity index (χ2v) is 6.73. The Kier molecular flexibility index (Phi) is 2.49. The average Bonchev–Trinajstić information content (AvgIpc) is 2.64. The third kappa shape index (κ3) is 2.32. The Labute approximate surface area is 82.9 Å². The summed E-state index contributed by atoms with van der Waals surface area (Å²) in [4.78, 5) is 0. The van der Waals surface area contributed by atoms with Crippen LogP contribution in [0.5, 0.6) is 0 Å². The van der Waals surface area contributed by atoms with E-state index in [9.17, 15) is 4.21 Å². The van der Waals surface area contributed by atoms with Crippen LogP contribution in [0.2, 0.25) is 0 Å². The minimum Gasteiger partial charge on any atom is -0.311 e. The molecule has 2 nitrogen and oxygen atoms in total. The van der Waals surface area contributed by atoms with Crippen molar-refractivity contribution in [2.24, 2.45) is 5.41 Å². The molecule has 0 aromatic heterocycles. The minimum atomic E-state index is -0.515. The van der Waals surface area contributed by atoms with Gasteiger partial charge in [0.05, 0.1) is 0 Å². The summed E-state index contributed by atoms with van der Waals surface area (Å²) in [6, 6.07) is 1.37. The van der Waals surface area contributed by atoms with Crippen molar-refractivity contribution in [3.8, 4) is 0 Å². The predicted molar refractivity (Wildman–Crippen MR) is 56.2 cm³/mol. The third-order valence-corrected chi connectivity index (χ3v) is 4.72. The van der Waals surface area contributed by atoms with Crippen molar-refractivity contribution in [2.75, 3.05) is 11.5 Å². The molecule has 0 spiro atoms.